The van der Waals surface area contributed by atoms with E-state index in [1.807, 2.05) is 29.8 Å². The number of carbonyl (C=O) groups is 3. The lowest BCUT2D eigenvalue weighted by Crippen LogP contribution is -2.34. The molecule has 2 heterocycles. The number of imidazole rings is 1. The molecule has 2 amide bonds. The van der Waals surface area contributed by atoms with Crippen molar-refractivity contribution >= 4 is 46.3 Å². The third-order valence-corrected chi connectivity index (χ3v) is 7.72. The number of fused-ring (bicyclic) bond motifs is 1. The second kappa shape index (κ2) is 19.6. The van der Waals surface area contributed by atoms with Gasteiger partial charge in [-0.05, 0) is 61.0 Å². The molecule has 0 aliphatic carbocycles. The normalized spacial score (nSPS) is 11.4. The molecule has 0 aliphatic rings. The van der Waals surface area contributed by atoms with Crippen molar-refractivity contribution in [3.8, 4) is 0 Å². The molecule has 0 radical (unpaired) electrons. The third kappa shape index (κ3) is 11.1. The van der Waals surface area contributed by atoms with Crippen molar-refractivity contribution in [3.63, 3.8) is 0 Å². The van der Waals surface area contributed by atoms with Crippen molar-refractivity contribution in [1.82, 2.24) is 14.5 Å². The first-order chi connectivity index (χ1) is 24.3. The number of anilines is 2. The number of nitrogens with two attached hydrogens (primary N) is 1. The van der Waals surface area contributed by atoms with Crippen LogP contribution in [-0.4, -0.2) is 83.0 Å². The Kier molecular flexibility index (Phi) is 14.7. The highest BCUT2D eigenvalue weighted by Gasteiger charge is 2.21. The van der Waals surface area contributed by atoms with Gasteiger partial charge in [0.05, 0.1) is 50.4 Å². The summed E-state index contributed by atoms with van der Waals surface area (Å²) in [7, 11) is 1.90. The maximum atomic E-state index is 13.8. The number of aliphatic imine (C=N–C) groups is 1. The summed E-state index contributed by atoms with van der Waals surface area (Å²) in [5, 5.41) is 12.1. The van der Waals surface area contributed by atoms with Gasteiger partial charge < -0.3 is 34.9 Å². The molecular formula is C36H45N7O7. The first-order valence-corrected chi connectivity index (χ1v) is 16.7. The molecule has 0 aliphatic heterocycles. The van der Waals surface area contributed by atoms with Gasteiger partial charge in [0, 0.05) is 36.6 Å². The summed E-state index contributed by atoms with van der Waals surface area (Å²) >= 11 is 0. The van der Waals surface area contributed by atoms with Crippen molar-refractivity contribution in [2.75, 3.05) is 49.8 Å². The molecular weight excluding hydrogens is 642 g/mol. The van der Waals surface area contributed by atoms with Crippen LogP contribution in [0.5, 0.6) is 0 Å². The number of ether oxygens (including phenoxy) is 3. The summed E-state index contributed by atoms with van der Waals surface area (Å²) in [5.41, 5.74) is 9.30. The Balaban J connectivity index is 1.38. The second-order valence-corrected chi connectivity index (χ2v) is 11.3. The van der Waals surface area contributed by atoms with Crippen LogP contribution in [0.3, 0.4) is 0 Å². The lowest BCUT2D eigenvalue weighted by molar-refractivity contribution is -0.145. The van der Waals surface area contributed by atoms with Gasteiger partial charge in [0.1, 0.15) is 24.1 Å². The molecule has 0 fully saturated rings. The Morgan fingerprint density at radius 1 is 0.960 bits per heavy atom. The van der Waals surface area contributed by atoms with Crippen LogP contribution in [0.2, 0.25) is 0 Å². The van der Waals surface area contributed by atoms with Crippen molar-refractivity contribution in [1.29, 1.82) is 0 Å². The average molecular weight is 688 g/mol. The molecule has 266 valence electrons. The van der Waals surface area contributed by atoms with E-state index in [2.05, 4.69) is 22.2 Å². The fourth-order valence-electron chi connectivity index (χ4n) is 5.01. The largest absolute Gasteiger partial charge is 0.463 e. The van der Waals surface area contributed by atoms with Crippen LogP contribution in [0.25, 0.3) is 11.0 Å². The van der Waals surface area contributed by atoms with E-state index in [0.717, 1.165) is 42.7 Å². The lowest BCUT2D eigenvalue weighted by Gasteiger charge is -2.21. The summed E-state index contributed by atoms with van der Waals surface area (Å²) in [6, 6.07) is 17.7. The number of unbranched alkanes of at least 4 members (excludes halogenated alkanes) is 3. The van der Waals surface area contributed by atoms with E-state index in [1.165, 1.54) is 4.90 Å². The molecule has 2 aromatic carbocycles. The first-order valence-electron chi connectivity index (χ1n) is 16.7. The number of rotatable bonds is 19. The summed E-state index contributed by atoms with van der Waals surface area (Å²) in [6.45, 7) is 3.18. The first kappa shape index (κ1) is 37.5. The minimum Gasteiger partial charge on any atom is -0.463 e. The fraction of sp³-hybridized carbons (Fsp3) is 0.389. The Labute approximate surface area is 291 Å². The number of amides is 2. The zero-order valence-corrected chi connectivity index (χ0v) is 28.5. The van der Waals surface area contributed by atoms with Gasteiger partial charge in [-0.2, -0.15) is 4.99 Å². The molecule has 50 heavy (non-hydrogen) atoms. The van der Waals surface area contributed by atoms with E-state index >= 15 is 0 Å². The number of aromatic nitrogens is 3. The molecule has 14 heteroatoms. The topological polar surface area (TPSA) is 183 Å². The summed E-state index contributed by atoms with van der Waals surface area (Å²) < 4.78 is 17.4. The Hall–Kier alpha value is -5.34. The van der Waals surface area contributed by atoms with Crippen LogP contribution >= 0.6 is 0 Å². The van der Waals surface area contributed by atoms with Gasteiger partial charge in [-0.3, -0.25) is 14.5 Å². The van der Waals surface area contributed by atoms with Gasteiger partial charge in [-0.1, -0.05) is 32.3 Å². The van der Waals surface area contributed by atoms with E-state index < -0.39 is 12.1 Å². The number of amidine groups is 1. The minimum atomic E-state index is -0.699. The number of carbonyl (C=O) groups excluding carboxylic acids is 3. The van der Waals surface area contributed by atoms with E-state index in [9.17, 15) is 14.4 Å². The van der Waals surface area contributed by atoms with Gasteiger partial charge in [0.2, 0.25) is 0 Å². The van der Waals surface area contributed by atoms with E-state index in [0.29, 0.717) is 35.6 Å². The number of aliphatic hydroxyl groups is 1. The summed E-state index contributed by atoms with van der Waals surface area (Å²) in [4.78, 5) is 52.5. The third-order valence-electron chi connectivity index (χ3n) is 7.72. The fourth-order valence-corrected chi connectivity index (χ4v) is 5.01. The van der Waals surface area contributed by atoms with E-state index in [-0.39, 0.29) is 51.1 Å². The SMILES string of the molecule is CCCCCCOC(=O)/N=C(\N)c1ccc(NCc2nc3cc(C(=O)N(CCC(=O)OCCOCCO)c4ccccn4)ccc3n2C)cc1. The van der Waals surface area contributed by atoms with Crippen molar-refractivity contribution in [3.05, 3.63) is 83.8 Å². The van der Waals surface area contributed by atoms with Crippen LogP contribution in [0.15, 0.2) is 71.9 Å². The van der Waals surface area contributed by atoms with Crippen LogP contribution in [0.4, 0.5) is 16.3 Å². The molecule has 0 atom stereocenters. The predicted molar refractivity (Wildman–Crippen MR) is 190 cm³/mol. The van der Waals surface area contributed by atoms with Gasteiger partial charge in [0.15, 0.2) is 0 Å². The molecule has 0 bridgehead atoms. The summed E-state index contributed by atoms with van der Waals surface area (Å²) in [5.74, 6) is 0.405. The highest BCUT2D eigenvalue weighted by atomic mass is 16.6. The quantitative estimate of drug-likeness (QED) is 0.0542. The molecule has 14 nitrogen and oxygen atoms in total. The van der Waals surface area contributed by atoms with Crippen molar-refractivity contribution < 1.29 is 33.7 Å². The maximum absolute atomic E-state index is 13.8. The minimum absolute atomic E-state index is 0.0456. The van der Waals surface area contributed by atoms with Gasteiger partial charge >= 0.3 is 12.1 Å². The number of aryl methyl sites for hydroxylation is 1. The van der Waals surface area contributed by atoms with E-state index in [1.54, 1.807) is 48.7 Å². The molecule has 0 spiro atoms. The monoisotopic (exact) mass is 687 g/mol. The van der Waals surface area contributed by atoms with Crippen LogP contribution < -0.4 is 16.0 Å². The number of benzene rings is 2. The molecule has 0 saturated carbocycles. The van der Waals surface area contributed by atoms with Gasteiger partial charge in [-0.25, -0.2) is 14.8 Å². The Morgan fingerprint density at radius 3 is 2.50 bits per heavy atom. The Bertz CT molecular complexity index is 1730. The number of hydrogen-bond donors (Lipinski definition) is 3. The highest BCUT2D eigenvalue weighted by molar-refractivity contribution is 6.07. The summed E-state index contributed by atoms with van der Waals surface area (Å²) in [6.07, 6.45) is 4.85. The standard InChI is InChI=1S/C36H45N7O7/c1-3-4-5-8-20-50-36(47)41-34(37)26-10-13-28(14-11-26)39-25-32-40-29-24-27(12-15-30(29)42(32)2)35(46)43(31-9-6-7-17-38-31)18-16-33(45)49-23-22-48-21-19-44/h6-7,9-15,17,24,39,44H,3-5,8,16,18-23,25H2,1-2H3,(H2,37,41,47). The molecule has 0 unspecified atom stereocenters. The number of pyridine rings is 1. The average Bonchev–Trinajstić information content (AvgIpc) is 3.45. The number of nitrogens with zero attached hydrogens (tertiary/aromatic N) is 5. The molecule has 2 aromatic heterocycles. The van der Waals surface area contributed by atoms with Gasteiger partial charge in [0.25, 0.3) is 5.91 Å². The molecule has 4 aromatic rings. The van der Waals surface area contributed by atoms with Crippen LogP contribution in [0, 0.1) is 0 Å². The number of hydrogen-bond acceptors (Lipinski definition) is 10. The number of aliphatic hydroxyl groups excluding tert-OH is 1. The molecule has 4 rings (SSSR count). The number of nitrogens with one attached hydrogen (secondary N) is 1. The molecule has 0 saturated heterocycles. The Morgan fingerprint density at radius 2 is 1.76 bits per heavy atom. The van der Waals surface area contributed by atoms with E-state index in [4.69, 9.17) is 30.0 Å². The zero-order chi connectivity index (χ0) is 35.7. The zero-order valence-electron chi connectivity index (χ0n) is 28.5. The maximum Gasteiger partial charge on any atom is 0.435 e. The van der Waals surface area contributed by atoms with Crippen molar-refractivity contribution in [2.45, 2.75) is 45.6 Å². The lowest BCUT2D eigenvalue weighted by atomic mass is 10.1. The smallest absolute Gasteiger partial charge is 0.435 e. The molecule has 4 N–H and O–H groups in total. The predicted octanol–water partition coefficient (Wildman–Crippen LogP) is 4.59. The second-order valence-electron chi connectivity index (χ2n) is 11.3. The highest BCUT2D eigenvalue weighted by Crippen LogP contribution is 2.21. The van der Waals surface area contributed by atoms with Gasteiger partial charge in [-0.15, -0.1) is 0 Å². The van der Waals surface area contributed by atoms with Crippen LogP contribution in [-0.2, 0) is 32.6 Å². The van der Waals surface area contributed by atoms with Crippen molar-refractivity contribution in [2.24, 2.45) is 17.8 Å². The van der Waals surface area contributed by atoms with Crippen LogP contribution in [0.1, 0.15) is 60.8 Å². The number of esters is 1.